The van der Waals surface area contributed by atoms with Gasteiger partial charge < -0.3 is 20.6 Å². The van der Waals surface area contributed by atoms with Crippen LogP contribution in [-0.4, -0.2) is 46.1 Å². The van der Waals surface area contributed by atoms with E-state index in [-0.39, 0.29) is 12.5 Å². The molecule has 0 fully saturated rings. The number of unbranched alkanes of at least 4 members (excludes halogenated alkanes) is 44. The molecule has 0 aliphatic heterocycles. The van der Waals surface area contributed by atoms with Crippen molar-refractivity contribution >= 4 is 5.91 Å². The van der Waals surface area contributed by atoms with Crippen LogP contribution in [-0.2, 0) is 4.79 Å². The van der Waals surface area contributed by atoms with E-state index in [9.17, 15) is 20.1 Å². The first-order chi connectivity index (χ1) is 29.6. The monoisotopic (exact) mass is 850 g/mol. The number of aliphatic hydroxyl groups excluding tert-OH is 3. The molecule has 0 aromatic rings. The summed E-state index contributed by atoms with van der Waals surface area (Å²) in [7, 11) is 0. The average molecular weight is 850 g/mol. The molecule has 5 nitrogen and oxygen atoms in total. The summed E-state index contributed by atoms with van der Waals surface area (Å²) in [6.45, 7) is 4.20. The fourth-order valence-electron chi connectivity index (χ4n) is 9.17. The zero-order chi connectivity index (χ0) is 43.7. The molecule has 0 saturated heterocycles. The quantitative estimate of drug-likeness (QED) is 0.0459. The second-order valence-corrected chi connectivity index (χ2v) is 19.5. The molecule has 0 spiro atoms. The van der Waals surface area contributed by atoms with E-state index in [1.165, 1.54) is 257 Å². The van der Waals surface area contributed by atoms with E-state index in [1.54, 1.807) is 0 Å². The Labute approximate surface area is 377 Å². The van der Waals surface area contributed by atoms with E-state index in [0.717, 1.165) is 38.5 Å². The van der Waals surface area contributed by atoms with Crippen molar-refractivity contribution < 1.29 is 20.1 Å². The van der Waals surface area contributed by atoms with Crippen molar-refractivity contribution in [3.63, 3.8) is 0 Å². The Balaban J connectivity index is 3.38. The second-order valence-electron chi connectivity index (χ2n) is 19.5. The van der Waals surface area contributed by atoms with Gasteiger partial charge in [-0.2, -0.15) is 0 Å². The van der Waals surface area contributed by atoms with Crippen molar-refractivity contribution in [2.24, 2.45) is 0 Å². The summed E-state index contributed by atoms with van der Waals surface area (Å²) in [5.41, 5.74) is 0. The number of carbonyl (C=O) groups is 1. The van der Waals surface area contributed by atoms with Gasteiger partial charge in [-0.15, -0.1) is 0 Å². The highest BCUT2D eigenvalue weighted by atomic mass is 16.3. The largest absolute Gasteiger partial charge is 0.394 e. The molecule has 0 aliphatic rings. The van der Waals surface area contributed by atoms with Crippen molar-refractivity contribution in [1.29, 1.82) is 0 Å². The predicted molar refractivity (Wildman–Crippen MR) is 264 cm³/mol. The number of hydrogen-bond donors (Lipinski definition) is 4. The topological polar surface area (TPSA) is 89.8 Å². The van der Waals surface area contributed by atoms with Crippen LogP contribution in [0.25, 0.3) is 0 Å². The molecule has 60 heavy (non-hydrogen) atoms. The van der Waals surface area contributed by atoms with E-state index < -0.39 is 18.2 Å². The number of rotatable bonds is 52. The lowest BCUT2D eigenvalue weighted by atomic mass is 9.99. The lowest BCUT2D eigenvalue weighted by Crippen LogP contribution is -2.50. The number of hydrogen-bond acceptors (Lipinski definition) is 4. The molecule has 4 N–H and O–H groups in total. The van der Waals surface area contributed by atoms with Crippen LogP contribution in [0.5, 0.6) is 0 Å². The van der Waals surface area contributed by atoms with Gasteiger partial charge in [0.15, 0.2) is 0 Å². The minimum absolute atomic E-state index is 0.138. The fraction of sp³-hybridized carbons (Fsp3) is 0.982. The molecule has 5 heteroatoms. The molecule has 0 rings (SSSR count). The first kappa shape index (κ1) is 59.4. The summed E-state index contributed by atoms with van der Waals surface area (Å²) in [5, 5.41) is 33.6. The third kappa shape index (κ3) is 45.4. The minimum atomic E-state index is -1.13. The molecule has 0 bridgehead atoms. The summed E-state index contributed by atoms with van der Waals surface area (Å²) in [6.07, 6.45) is 61.4. The van der Waals surface area contributed by atoms with Crippen LogP contribution >= 0.6 is 0 Å². The lowest BCUT2D eigenvalue weighted by molar-refractivity contribution is -0.124. The molecule has 0 aliphatic carbocycles. The van der Waals surface area contributed by atoms with Crippen LogP contribution in [0.4, 0.5) is 0 Å². The fourth-order valence-corrected chi connectivity index (χ4v) is 9.17. The molecule has 1 amide bonds. The summed E-state index contributed by atoms with van der Waals surface area (Å²) < 4.78 is 0. The van der Waals surface area contributed by atoms with Crippen LogP contribution < -0.4 is 5.32 Å². The highest BCUT2D eigenvalue weighted by molar-refractivity contribution is 5.76. The molecule has 360 valence electrons. The predicted octanol–water partition coefficient (Wildman–Crippen LogP) is 16.9. The van der Waals surface area contributed by atoms with Crippen molar-refractivity contribution in [1.82, 2.24) is 5.32 Å². The normalized spacial score (nSPS) is 13.2. The zero-order valence-corrected chi connectivity index (χ0v) is 41.1. The van der Waals surface area contributed by atoms with Gasteiger partial charge in [0.2, 0.25) is 5.91 Å². The molecule has 0 aromatic heterocycles. The average Bonchev–Trinajstić information content (AvgIpc) is 3.25. The Kier molecular flexibility index (Phi) is 50.4. The number of aliphatic hydroxyl groups is 3. The first-order valence-corrected chi connectivity index (χ1v) is 27.8. The third-order valence-electron chi connectivity index (χ3n) is 13.5. The number of amides is 1. The minimum Gasteiger partial charge on any atom is -0.394 e. The van der Waals surface area contributed by atoms with Crippen molar-refractivity contribution in [3.8, 4) is 0 Å². The van der Waals surface area contributed by atoms with E-state index >= 15 is 0 Å². The molecule has 0 aromatic carbocycles. The van der Waals surface area contributed by atoms with Gasteiger partial charge in [0.05, 0.1) is 18.8 Å². The van der Waals surface area contributed by atoms with E-state index in [1.807, 2.05) is 0 Å². The number of carbonyl (C=O) groups excluding carboxylic acids is 1. The standard InChI is InChI=1S/C55H111NO4/c1-3-5-7-9-11-13-15-16-17-18-19-20-21-22-23-24-25-26-27-28-29-30-31-32-33-34-35-36-37-38-40-42-44-46-48-50-54(59)56-52(51-57)55(60)53(58)49-47-45-43-41-39-14-12-10-8-6-4-2/h52-53,55,57-58,60H,3-51H2,1-2H3,(H,56,59)/t52-,53+,55-/m0/s1. The number of nitrogens with one attached hydrogen (secondary N) is 1. The highest BCUT2D eigenvalue weighted by Gasteiger charge is 2.26. The molecule has 0 heterocycles. The summed E-state index contributed by atoms with van der Waals surface area (Å²) in [6, 6.07) is -0.803. The van der Waals surface area contributed by atoms with Crippen LogP contribution in [0.1, 0.15) is 322 Å². The first-order valence-electron chi connectivity index (χ1n) is 27.8. The maximum absolute atomic E-state index is 12.5. The van der Waals surface area contributed by atoms with Crippen LogP contribution in [0, 0.1) is 0 Å². The van der Waals surface area contributed by atoms with E-state index in [0.29, 0.717) is 12.8 Å². The van der Waals surface area contributed by atoms with E-state index in [2.05, 4.69) is 19.2 Å². The van der Waals surface area contributed by atoms with Gasteiger partial charge in [0.25, 0.3) is 0 Å². The smallest absolute Gasteiger partial charge is 0.220 e. The van der Waals surface area contributed by atoms with Gasteiger partial charge in [0, 0.05) is 6.42 Å². The lowest BCUT2D eigenvalue weighted by Gasteiger charge is -2.26. The Hall–Kier alpha value is -0.650. The van der Waals surface area contributed by atoms with Crippen LogP contribution in [0.2, 0.25) is 0 Å². The van der Waals surface area contributed by atoms with Gasteiger partial charge in [-0.25, -0.2) is 0 Å². The Bertz CT molecular complexity index is 807. The molecular formula is C55H111NO4. The maximum atomic E-state index is 12.5. The molecule has 3 atom stereocenters. The summed E-state index contributed by atoms with van der Waals surface area (Å²) >= 11 is 0. The molecular weight excluding hydrogens is 739 g/mol. The zero-order valence-electron chi connectivity index (χ0n) is 41.1. The SMILES string of the molecule is CCCCCCCCCCCCCCCCCCCCCCCCCCCCCCCCCCCCCC(=O)N[C@@H](CO)[C@H](O)[C@H](O)CCCCCCCCCCCCC. The van der Waals surface area contributed by atoms with Crippen molar-refractivity contribution in [2.75, 3.05) is 6.61 Å². The van der Waals surface area contributed by atoms with Crippen molar-refractivity contribution in [2.45, 2.75) is 340 Å². The van der Waals surface area contributed by atoms with Crippen molar-refractivity contribution in [3.05, 3.63) is 0 Å². The Morgan fingerprint density at radius 2 is 0.567 bits per heavy atom. The third-order valence-corrected chi connectivity index (χ3v) is 13.5. The van der Waals surface area contributed by atoms with E-state index in [4.69, 9.17) is 0 Å². The van der Waals surface area contributed by atoms with Crippen LogP contribution in [0.15, 0.2) is 0 Å². The maximum Gasteiger partial charge on any atom is 0.220 e. The summed E-state index contributed by atoms with van der Waals surface area (Å²) in [5.74, 6) is -0.138. The van der Waals surface area contributed by atoms with Gasteiger partial charge in [-0.1, -0.05) is 303 Å². The van der Waals surface area contributed by atoms with Gasteiger partial charge in [-0.05, 0) is 12.8 Å². The van der Waals surface area contributed by atoms with Gasteiger partial charge in [-0.3, -0.25) is 4.79 Å². The summed E-state index contributed by atoms with van der Waals surface area (Å²) in [4.78, 5) is 12.5. The molecule has 0 unspecified atom stereocenters. The highest BCUT2D eigenvalue weighted by Crippen LogP contribution is 2.19. The molecule has 0 saturated carbocycles. The van der Waals surface area contributed by atoms with Gasteiger partial charge in [0.1, 0.15) is 6.10 Å². The Morgan fingerprint density at radius 1 is 0.350 bits per heavy atom. The Morgan fingerprint density at radius 3 is 0.800 bits per heavy atom. The second kappa shape index (κ2) is 51.0. The van der Waals surface area contributed by atoms with Gasteiger partial charge >= 0.3 is 0 Å². The molecule has 0 radical (unpaired) electrons. The van der Waals surface area contributed by atoms with Crippen LogP contribution in [0.3, 0.4) is 0 Å².